The van der Waals surface area contributed by atoms with Crippen LogP contribution in [0.15, 0.2) is 48.5 Å². The summed E-state index contributed by atoms with van der Waals surface area (Å²) >= 11 is 0. The number of anilines is 1. The van der Waals surface area contributed by atoms with Crippen molar-refractivity contribution in [2.75, 3.05) is 5.32 Å². The highest BCUT2D eigenvalue weighted by Crippen LogP contribution is 2.19. The fourth-order valence-corrected chi connectivity index (χ4v) is 2.15. The van der Waals surface area contributed by atoms with E-state index in [4.69, 9.17) is 0 Å². The Kier molecular flexibility index (Phi) is 7.59. The minimum absolute atomic E-state index is 0. The summed E-state index contributed by atoms with van der Waals surface area (Å²) < 4.78 is 0. The molecule has 0 heterocycles. The number of nitrogens with one attached hydrogen (secondary N) is 2. The lowest BCUT2D eigenvalue weighted by Gasteiger charge is -2.15. The van der Waals surface area contributed by atoms with Gasteiger partial charge in [-0.25, -0.2) is 0 Å². The Morgan fingerprint density at radius 1 is 1.13 bits per heavy atom. The van der Waals surface area contributed by atoms with Crippen molar-refractivity contribution in [2.24, 2.45) is 0 Å². The zero-order chi connectivity index (χ0) is 15.9. The summed E-state index contributed by atoms with van der Waals surface area (Å²) in [6.45, 7) is 4.50. The number of phenols is 1. The molecule has 23 heavy (non-hydrogen) atoms. The molecule has 1 atom stereocenters. The van der Waals surface area contributed by atoms with Gasteiger partial charge in [0.2, 0.25) is 5.91 Å². The van der Waals surface area contributed by atoms with E-state index in [1.54, 1.807) is 6.07 Å². The van der Waals surface area contributed by atoms with Crippen LogP contribution in [-0.2, 0) is 11.3 Å². The second kappa shape index (κ2) is 9.18. The van der Waals surface area contributed by atoms with Crippen LogP contribution >= 0.6 is 12.4 Å². The second-order valence-corrected chi connectivity index (χ2v) is 5.26. The second-order valence-electron chi connectivity index (χ2n) is 5.26. The van der Waals surface area contributed by atoms with Crippen molar-refractivity contribution in [1.82, 2.24) is 5.32 Å². The minimum atomic E-state index is 0. The summed E-state index contributed by atoms with van der Waals surface area (Å²) in [5.74, 6) is 0.318. The molecule has 0 spiro atoms. The first-order valence-corrected chi connectivity index (χ1v) is 7.50. The van der Waals surface area contributed by atoms with Gasteiger partial charge in [-0.3, -0.25) is 4.79 Å². The van der Waals surface area contributed by atoms with Gasteiger partial charge in [-0.1, -0.05) is 37.3 Å². The molecule has 0 fully saturated rings. The first-order valence-electron chi connectivity index (χ1n) is 7.50. The fraction of sp³-hybridized carbons (Fsp3) is 0.278. The summed E-state index contributed by atoms with van der Waals surface area (Å²) in [4.78, 5) is 11.3. The van der Waals surface area contributed by atoms with E-state index in [2.05, 4.69) is 17.6 Å². The molecule has 0 aliphatic carbocycles. The number of hydrogen-bond acceptors (Lipinski definition) is 3. The van der Waals surface area contributed by atoms with Gasteiger partial charge in [0, 0.05) is 30.3 Å². The molecule has 0 radical (unpaired) electrons. The first-order chi connectivity index (χ1) is 10.6. The molecule has 124 valence electrons. The van der Waals surface area contributed by atoms with E-state index in [9.17, 15) is 9.90 Å². The maximum Gasteiger partial charge on any atom is 0.224 e. The molecule has 4 nitrogen and oxygen atoms in total. The lowest BCUT2D eigenvalue weighted by Crippen LogP contribution is -2.18. The lowest BCUT2D eigenvalue weighted by molar-refractivity contribution is -0.115. The topological polar surface area (TPSA) is 61.4 Å². The molecule has 0 aliphatic rings. The van der Waals surface area contributed by atoms with E-state index in [0.717, 1.165) is 16.8 Å². The maximum absolute atomic E-state index is 11.3. The van der Waals surface area contributed by atoms with E-state index in [-0.39, 0.29) is 24.4 Å². The predicted molar refractivity (Wildman–Crippen MR) is 96.0 cm³/mol. The van der Waals surface area contributed by atoms with Gasteiger partial charge in [0.15, 0.2) is 0 Å². The zero-order valence-electron chi connectivity index (χ0n) is 13.4. The molecule has 3 N–H and O–H groups in total. The normalized spacial score (nSPS) is 11.4. The quantitative estimate of drug-likeness (QED) is 0.748. The summed E-state index contributed by atoms with van der Waals surface area (Å²) in [5, 5.41) is 16.0. The monoisotopic (exact) mass is 334 g/mol. The summed E-state index contributed by atoms with van der Waals surface area (Å²) in [6.07, 6.45) is 0.472. The number of amides is 1. The number of hydrogen-bond donors (Lipinski definition) is 3. The lowest BCUT2D eigenvalue weighted by atomic mass is 10.1. The van der Waals surface area contributed by atoms with Crippen molar-refractivity contribution < 1.29 is 9.90 Å². The van der Waals surface area contributed by atoms with Crippen molar-refractivity contribution in [1.29, 1.82) is 0 Å². The molecule has 2 rings (SSSR count). The van der Waals surface area contributed by atoms with E-state index in [1.165, 1.54) is 0 Å². The van der Waals surface area contributed by atoms with Gasteiger partial charge in [-0.2, -0.15) is 0 Å². The van der Waals surface area contributed by atoms with Crippen LogP contribution in [0.3, 0.4) is 0 Å². The smallest absolute Gasteiger partial charge is 0.224 e. The van der Waals surface area contributed by atoms with Crippen LogP contribution in [0.4, 0.5) is 5.69 Å². The zero-order valence-corrected chi connectivity index (χ0v) is 14.2. The number of benzene rings is 2. The van der Waals surface area contributed by atoms with Crippen LogP contribution in [0, 0.1) is 0 Å². The van der Waals surface area contributed by atoms with Gasteiger partial charge < -0.3 is 15.7 Å². The van der Waals surface area contributed by atoms with E-state index in [0.29, 0.717) is 18.7 Å². The Morgan fingerprint density at radius 2 is 1.78 bits per heavy atom. The van der Waals surface area contributed by atoms with Crippen molar-refractivity contribution in [3.8, 4) is 5.75 Å². The van der Waals surface area contributed by atoms with Crippen molar-refractivity contribution in [2.45, 2.75) is 32.9 Å². The summed E-state index contributed by atoms with van der Waals surface area (Å²) in [6, 6.07) is 15.3. The fourth-order valence-electron chi connectivity index (χ4n) is 2.15. The van der Waals surface area contributed by atoms with E-state index >= 15 is 0 Å². The third kappa shape index (κ3) is 5.58. The molecular weight excluding hydrogens is 312 g/mol. The van der Waals surface area contributed by atoms with Gasteiger partial charge in [-0.05, 0) is 30.7 Å². The molecule has 0 aliphatic heterocycles. The molecule has 0 saturated heterocycles. The number of phenolic OH excluding ortho intramolecular Hbond substituents is 1. The summed E-state index contributed by atoms with van der Waals surface area (Å²) in [7, 11) is 0. The molecule has 2 aromatic carbocycles. The van der Waals surface area contributed by atoms with E-state index in [1.807, 2.05) is 49.4 Å². The molecule has 1 amide bonds. The van der Waals surface area contributed by atoms with Crippen LogP contribution in [-0.4, -0.2) is 11.0 Å². The van der Waals surface area contributed by atoms with Crippen molar-refractivity contribution in [3.05, 3.63) is 59.7 Å². The average Bonchev–Trinajstić information content (AvgIpc) is 2.54. The summed E-state index contributed by atoms with van der Waals surface area (Å²) in [5.41, 5.74) is 2.81. The van der Waals surface area contributed by atoms with Gasteiger partial charge in [0.1, 0.15) is 5.75 Å². The molecule has 1 unspecified atom stereocenters. The molecule has 0 aromatic heterocycles. The van der Waals surface area contributed by atoms with Gasteiger partial charge in [-0.15, -0.1) is 12.4 Å². The third-order valence-electron chi connectivity index (χ3n) is 3.61. The predicted octanol–water partition coefficient (Wildman–Crippen LogP) is 4.01. The number of carbonyl (C=O) groups is 1. The number of rotatable bonds is 6. The van der Waals surface area contributed by atoms with Gasteiger partial charge in [0.05, 0.1) is 0 Å². The molecule has 0 bridgehead atoms. The average molecular weight is 335 g/mol. The van der Waals surface area contributed by atoms with Crippen LogP contribution in [0.5, 0.6) is 5.75 Å². The SMILES string of the molecule is CCC(=O)Nc1ccc(C(C)NCc2ccccc2O)cc1.Cl. The highest BCUT2D eigenvalue weighted by molar-refractivity contribution is 5.90. The highest BCUT2D eigenvalue weighted by Gasteiger charge is 2.07. The highest BCUT2D eigenvalue weighted by atomic mass is 35.5. The van der Waals surface area contributed by atoms with Crippen molar-refractivity contribution >= 4 is 24.0 Å². The largest absolute Gasteiger partial charge is 0.508 e. The maximum atomic E-state index is 11.3. The van der Waals surface area contributed by atoms with Crippen LogP contribution < -0.4 is 10.6 Å². The third-order valence-corrected chi connectivity index (χ3v) is 3.61. The standard InChI is InChI=1S/C18H22N2O2.ClH/c1-3-18(22)20-16-10-8-14(9-11-16)13(2)19-12-15-6-4-5-7-17(15)21;/h4-11,13,19,21H,3,12H2,1-2H3,(H,20,22);1H. The van der Waals surface area contributed by atoms with E-state index < -0.39 is 0 Å². The number of halogens is 1. The molecular formula is C18H23ClN2O2. The van der Waals surface area contributed by atoms with Crippen LogP contribution in [0.2, 0.25) is 0 Å². The minimum Gasteiger partial charge on any atom is -0.508 e. The van der Waals surface area contributed by atoms with Crippen LogP contribution in [0.25, 0.3) is 0 Å². The number of aromatic hydroxyl groups is 1. The molecule has 2 aromatic rings. The van der Waals surface area contributed by atoms with Crippen LogP contribution in [0.1, 0.15) is 37.4 Å². The Morgan fingerprint density at radius 3 is 2.39 bits per heavy atom. The number of para-hydroxylation sites is 1. The Balaban J connectivity index is 0.00000264. The Bertz CT molecular complexity index is 629. The van der Waals surface area contributed by atoms with Crippen molar-refractivity contribution in [3.63, 3.8) is 0 Å². The molecule has 5 heteroatoms. The Hall–Kier alpha value is -2.04. The van der Waals surface area contributed by atoms with Gasteiger partial charge >= 0.3 is 0 Å². The molecule has 0 saturated carbocycles. The van der Waals surface area contributed by atoms with Gasteiger partial charge in [0.25, 0.3) is 0 Å². The first kappa shape index (κ1) is 19.0. The number of carbonyl (C=O) groups excluding carboxylic acids is 1. The Labute approximate surface area is 143 Å².